The van der Waals surface area contributed by atoms with Crippen molar-refractivity contribution >= 4 is 23.6 Å². The summed E-state index contributed by atoms with van der Waals surface area (Å²) in [7, 11) is 0. The highest BCUT2D eigenvalue weighted by atomic mass is 16.6. The SMILES string of the molecule is CCCC1(NC(=O)c2ccccc2)Cc2ccccc2N(C(=O)OC(C)(C)C)C1=O. The van der Waals surface area contributed by atoms with Crippen molar-refractivity contribution in [2.24, 2.45) is 0 Å². The Morgan fingerprint density at radius 3 is 2.33 bits per heavy atom. The topological polar surface area (TPSA) is 75.7 Å². The molecule has 2 aromatic rings. The van der Waals surface area contributed by atoms with Crippen molar-refractivity contribution in [1.82, 2.24) is 5.32 Å². The quantitative estimate of drug-likeness (QED) is 0.809. The lowest BCUT2D eigenvalue weighted by Crippen LogP contribution is -2.65. The highest BCUT2D eigenvalue weighted by Gasteiger charge is 2.49. The molecule has 158 valence electrons. The van der Waals surface area contributed by atoms with Crippen LogP contribution in [0.3, 0.4) is 0 Å². The van der Waals surface area contributed by atoms with Gasteiger partial charge in [-0.3, -0.25) is 9.59 Å². The van der Waals surface area contributed by atoms with Gasteiger partial charge in [-0.05, 0) is 51.0 Å². The lowest BCUT2D eigenvalue weighted by atomic mass is 9.81. The molecule has 1 atom stereocenters. The van der Waals surface area contributed by atoms with E-state index in [-0.39, 0.29) is 5.91 Å². The first-order valence-electron chi connectivity index (χ1n) is 10.2. The number of amides is 3. The molecule has 3 rings (SSSR count). The molecular formula is C24H28N2O4. The summed E-state index contributed by atoms with van der Waals surface area (Å²) in [5, 5.41) is 2.95. The highest BCUT2D eigenvalue weighted by molar-refractivity contribution is 6.19. The second-order valence-electron chi connectivity index (χ2n) is 8.58. The van der Waals surface area contributed by atoms with Crippen LogP contribution in [0.5, 0.6) is 0 Å². The Hall–Kier alpha value is -3.15. The summed E-state index contributed by atoms with van der Waals surface area (Å²) in [4.78, 5) is 40.7. The second kappa shape index (κ2) is 8.30. The number of hydrogen-bond donors (Lipinski definition) is 1. The van der Waals surface area contributed by atoms with E-state index in [2.05, 4.69) is 5.32 Å². The number of anilines is 1. The van der Waals surface area contributed by atoms with Crippen molar-refractivity contribution in [2.45, 2.75) is 58.1 Å². The van der Waals surface area contributed by atoms with Gasteiger partial charge in [-0.15, -0.1) is 0 Å². The Morgan fingerprint density at radius 1 is 1.07 bits per heavy atom. The van der Waals surface area contributed by atoms with Gasteiger partial charge in [-0.1, -0.05) is 49.7 Å². The number of rotatable bonds is 4. The Kier molecular flexibility index (Phi) is 5.97. The number of nitrogens with zero attached hydrogens (tertiary/aromatic N) is 1. The normalized spacial score (nSPS) is 18.5. The summed E-state index contributed by atoms with van der Waals surface area (Å²) in [5.41, 5.74) is -0.220. The van der Waals surface area contributed by atoms with E-state index in [1.165, 1.54) is 0 Å². The summed E-state index contributed by atoms with van der Waals surface area (Å²) in [6.45, 7) is 7.20. The van der Waals surface area contributed by atoms with Gasteiger partial charge in [0.05, 0.1) is 5.69 Å². The molecule has 0 aliphatic carbocycles. The molecule has 1 aliphatic heterocycles. The van der Waals surface area contributed by atoms with Crippen LogP contribution in [0.2, 0.25) is 0 Å². The van der Waals surface area contributed by atoms with Crippen molar-refractivity contribution in [2.75, 3.05) is 4.90 Å². The Bertz CT molecular complexity index is 949. The molecule has 1 N–H and O–H groups in total. The third-order valence-electron chi connectivity index (χ3n) is 4.98. The van der Waals surface area contributed by atoms with E-state index >= 15 is 0 Å². The van der Waals surface area contributed by atoms with Crippen molar-refractivity contribution < 1.29 is 19.1 Å². The molecule has 0 radical (unpaired) electrons. The van der Waals surface area contributed by atoms with Gasteiger partial charge in [-0.2, -0.15) is 0 Å². The van der Waals surface area contributed by atoms with Gasteiger partial charge in [0.1, 0.15) is 11.1 Å². The summed E-state index contributed by atoms with van der Waals surface area (Å²) < 4.78 is 5.52. The standard InChI is InChI=1S/C24H28N2O4/c1-5-15-24(25-20(27)17-11-7-6-8-12-17)16-18-13-9-10-14-19(18)26(21(24)28)22(29)30-23(2,3)4/h6-14H,5,15-16H2,1-4H3,(H,25,27). The number of nitrogens with one attached hydrogen (secondary N) is 1. The zero-order chi connectivity index (χ0) is 21.9. The molecule has 6 nitrogen and oxygen atoms in total. The molecule has 0 spiro atoms. The van der Waals surface area contributed by atoms with Gasteiger partial charge in [0, 0.05) is 12.0 Å². The first-order chi connectivity index (χ1) is 14.2. The molecule has 30 heavy (non-hydrogen) atoms. The third kappa shape index (κ3) is 4.37. The van der Waals surface area contributed by atoms with Gasteiger partial charge in [0.2, 0.25) is 0 Å². The van der Waals surface area contributed by atoms with Crippen molar-refractivity contribution in [3.8, 4) is 0 Å². The molecule has 3 amide bonds. The first-order valence-corrected chi connectivity index (χ1v) is 10.2. The van der Waals surface area contributed by atoms with Crippen LogP contribution < -0.4 is 10.2 Å². The Balaban J connectivity index is 2.04. The van der Waals surface area contributed by atoms with Gasteiger partial charge >= 0.3 is 6.09 Å². The third-order valence-corrected chi connectivity index (χ3v) is 4.98. The Morgan fingerprint density at radius 2 is 1.70 bits per heavy atom. The fraction of sp³-hybridized carbons (Fsp3) is 0.375. The van der Waals surface area contributed by atoms with Gasteiger partial charge in [0.25, 0.3) is 11.8 Å². The maximum Gasteiger partial charge on any atom is 0.421 e. The maximum atomic E-state index is 13.7. The van der Waals surface area contributed by atoms with Crippen molar-refractivity contribution in [1.29, 1.82) is 0 Å². The first kappa shape index (κ1) is 21.6. The monoisotopic (exact) mass is 408 g/mol. The summed E-state index contributed by atoms with van der Waals surface area (Å²) >= 11 is 0. The number of hydrogen-bond acceptors (Lipinski definition) is 4. The molecule has 0 saturated carbocycles. The van der Waals surface area contributed by atoms with E-state index in [9.17, 15) is 14.4 Å². The maximum absolute atomic E-state index is 13.7. The number of fused-ring (bicyclic) bond motifs is 1. The average Bonchev–Trinajstić information content (AvgIpc) is 2.68. The Labute approximate surface area is 177 Å². The second-order valence-corrected chi connectivity index (χ2v) is 8.58. The zero-order valence-corrected chi connectivity index (χ0v) is 17.9. The van der Waals surface area contributed by atoms with Crippen LogP contribution in [-0.2, 0) is 16.0 Å². The lowest BCUT2D eigenvalue weighted by molar-refractivity contribution is -0.125. The largest absolute Gasteiger partial charge is 0.443 e. The predicted molar refractivity (Wildman–Crippen MR) is 115 cm³/mol. The minimum atomic E-state index is -1.23. The summed E-state index contributed by atoms with van der Waals surface area (Å²) in [6, 6.07) is 16.0. The van der Waals surface area contributed by atoms with Crippen LogP contribution in [0.25, 0.3) is 0 Å². The average molecular weight is 408 g/mol. The molecule has 6 heteroatoms. The van der Waals surface area contributed by atoms with Gasteiger partial charge < -0.3 is 10.1 Å². The van der Waals surface area contributed by atoms with E-state index in [0.29, 0.717) is 30.5 Å². The van der Waals surface area contributed by atoms with Gasteiger partial charge in [0.15, 0.2) is 0 Å². The van der Waals surface area contributed by atoms with Crippen molar-refractivity contribution in [3.05, 3.63) is 65.7 Å². The lowest BCUT2D eigenvalue weighted by Gasteiger charge is -2.42. The number of carbonyl (C=O) groups is 3. The molecule has 1 unspecified atom stereocenters. The highest BCUT2D eigenvalue weighted by Crippen LogP contribution is 2.36. The molecule has 1 heterocycles. The van der Waals surface area contributed by atoms with Crippen LogP contribution >= 0.6 is 0 Å². The van der Waals surface area contributed by atoms with Crippen LogP contribution in [0.4, 0.5) is 10.5 Å². The molecule has 1 aliphatic rings. The van der Waals surface area contributed by atoms with E-state index in [1.54, 1.807) is 57.2 Å². The number of carbonyl (C=O) groups excluding carboxylic acids is 3. The van der Waals surface area contributed by atoms with Crippen LogP contribution in [-0.4, -0.2) is 29.0 Å². The molecular weight excluding hydrogens is 380 g/mol. The smallest absolute Gasteiger partial charge is 0.421 e. The molecule has 0 saturated heterocycles. The van der Waals surface area contributed by atoms with E-state index < -0.39 is 23.1 Å². The van der Waals surface area contributed by atoms with Crippen molar-refractivity contribution in [3.63, 3.8) is 0 Å². The van der Waals surface area contributed by atoms with E-state index in [1.807, 2.05) is 25.1 Å². The van der Waals surface area contributed by atoms with Crippen LogP contribution in [0, 0.1) is 0 Å². The van der Waals surface area contributed by atoms with Crippen LogP contribution in [0.1, 0.15) is 56.5 Å². The van der Waals surface area contributed by atoms with Gasteiger partial charge in [-0.25, -0.2) is 9.69 Å². The minimum Gasteiger partial charge on any atom is -0.443 e. The fourth-order valence-corrected chi connectivity index (χ4v) is 3.75. The number of ether oxygens (including phenoxy) is 1. The fourth-order valence-electron chi connectivity index (χ4n) is 3.75. The number of benzene rings is 2. The summed E-state index contributed by atoms with van der Waals surface area (Å²) in [5.74, 6) is -0.817. The van der Waals surface area contributed by atoms with E-state index in [0.717, 1.165) is 10.5 Å². The zero-order valence-electron chi connectivity index (χ0n) is 17.9. The predicted octanol–water partition coefficient (Wildman–Crippen LogP) is 4.48. The molecule has 0 aromatic heterocycles. The van der Waals surface area contributed by atoms with Crippen LogP contribution in [0.15, 0.2) is 54.6 Å². The molecule has 2 aromatic carbocycles. The summed E-state index contributed by atoms with van der Waals surface area (Å²) in [6.07, 6.45) is 0.630. The van der Waals surface area contributed by atoms with E-state index in [4.69, 9.17) is 4.74 Å². The minimum absolute atomic E-state index is 0.313. The molecule has 0 bridgehead atoms. The number of imide groups is 1. The number of para-hydroxylation sites is 1. The molecule has 0 fully saturated rings.